The number of benzene rings is 3. The standard InChI is InChI=1S/C24H22N4O2/c29-24-27(20(17-30-24)15-18-9-3-1-4-10-18)23(16-19-11-5-2-6-12-19)28-25-21-13-7-8-14-22(21)26-28/h1-14,20,23H,15-17H2/t20-,23?/m0/s1. The van der Waals surface area contributed by atoms with Crippen molar-refractivity contribution in [2.24, 2.45) is 0 Å². The lowest BCUT2D eigenvalue weighted by atomic mass is 10.0. The molecule has 3 aromatic carbocycles. The Balaban J connectivity index is 1.52. The number of fused-ring (bicyclic) bond motifs is 1. The minimum atomic E-state index is -0.372. The predicted molar refractivity (Wildman–Crippen MR) is 114 cm³/mol. The third-order valence-corrected chi connectivity index (χ3v) is 5.47. The van der Waals surface area contributed by atoms with E-state index in [0.29, 0.717) is 13.0 Å². The molecule has 0 spiro atoms. The minimum absolute atomic E-state index is 0.0808. The van der Waals surface area contributed by atoms with Crippen LogP contribution in [0.15, 0.2) is 84.9 Å². The molecule has 2 atom stereocenters. The van der Waals surface area contributed by atoms with Gasteiger partial charge in [0.2, 0.25) is 0 Å². The summed E-state index contributed by atoms with van der Waals surface area (Å²) in [7, 11) is 0. The van der Waals surface area contributed by atoms with E-state index in [9.17, 15) is 4.79 Å². The lowest BCUT2D eigenvalue weighted by Crippen LogP contribution is -2.42. The van der Waals surface area contributed by atoms with Crippen molar-refractivity contribution in [3.05, 3.63) is 96.1 Å². The number of hydrogen-bond acceptors (Lipinski definition) is 4. The molecule has 0 radical (unpaired) electrons. The van der Waals surface area contributed by atoms with Crippen molar-refractivity contribution >= 4 is 17.1 Å². The van der Waals surface area contributed by atoms with Crippen molar-refractivity contribution in [1.29, 1.82) is 0 Å². The summed E-state index contributed by atoms with van der Waals surface area (Å²) in [6, 6.07) is 28.0. The molecule has 6 nitrogen and oxygen atoms in total. The first kappa shape index (κ1) is 18.4. The molecule has 5 rings (SSSR count). The van der Waals surface area contributed by atoms with Crippen molar-refractivity contribution in [3.63, 3.8) is 0 Å². The number of ether oxygens (including phenoxy) is 1. The maximum atomic E-state index is 12.8. The van der Waals surface area contributed by atoms with E-state index in [1.165, 1.54) is 5.56 Å². The summed E-state index contributed by atoms with van der Waals surface area (Å²) in [5, 5.41) is 9.37. The third kappa shape index (κ3) is 3.64. The summed E-state index contributed by atoms with van der Waals surface area (Å²) in [5.41, 5.74) is 3.90. The van der Waals surface area contributed by atoms with Crippen LogP contribution in [0, 0.1) is 0 Å². The summed E-state index contributed by atoms with van der Waals surface area (Å²) in [6.45, 7) is 0.361. The van der Waals surface area contributed by atoms with Crippen LogP contribution in [0.25, 0.3) is 11.0 Å². The molecule has 0 saturated carbocycles. The van der Waals surface area contributed by atoms with Crippen LogP contribution in [0.3, 0.4) is 0 Å². The van der Waals surface area contributed by atoms with Gasteiger partial charge in [-0.1, -0.05) is 72.8 Å². The fraction of sp³-hybridized carbons (Fsp3) is 0.208. The van der Waals surface area contributed by atoms with Gasteiger partial charge >= 0.3 is 6.09 Å². The molecule has 6 heteroatoms. The number of carbonyl (C=O) groups is 1. The second kappa shape index (κ2) is 7.99. The first-order valence-corrected chi connectivity index (χ1v) is 10.1. The fourth-order valence-electron chi connectivity index (χ4n) is 4.01. The van der Waals surface area contributed by atoms with Crippen molar-refractivity contribution in [2.75, 3.05) is 6.61 Å². The monoisotopic (exact) mass is 398 g/mol. The Labute approximate surface area is 174 Å². The van der Waals surface area contributed by atoms with Crippen LogP contribution < -0.4 is 0 Å². The first-order chi connectivity index (χ1) is 14.8. The number of aromatic nitrogens is 3. The van der Waals surface area contributed by atoms with E-state index in [0.717, 1.165) is 23.0 Å². The fourth-order valence-corrected chi connectivity index (χ4v) is 4.01. The van der Waals surface area contributed by atoms with E-state index in [-0.39, 0.29) is 18.3 Å². The smallest absolute Gasteiger partial charge is 0.412 e. The molecular formula is C24H22N4O2. The average Bonchev–Trinajstić information content (AvgIpc) is 3.37. The van der Waals surface area contributed by atoms with Crippen LogP contribution in [-0.2, 0) is 17.6 Å². The topological polar surface area (TPSA) is 60.2 Å². The number of hydrogen-bond donors (Lipinski definition) is 0. The molecular weight excluding hydrogens is 376 g/mol. The van der Waals surface area contributed by atoms with Gasteiger partial charge in [-0.05, 0) is 29.7 Å². The maximum Gasteiger partial charge on any atom is 0.412 e. The SMILES string of the molecule is O=C1OC[C@H](Cc2ccccc2)N1C(Cc1ccccc1)n1nc2ccccc2n1. The first-order valence-electron chi connectivity index (χ1n) is 10.1. The van der Waals surface area contributed by atoms with Crippen LogP contribution in [0.4, 0.5) is 4.79 Å². The lowest BCUT2D eigenvalue weighted by molar-refractivity contribution is 0.110. The van der Waals surface area contributed by atoms with E-state index in [4.69, 9.17) is 4.74 Å². The molecule has 150 valence electrons. The summed E-state index contributed by atoms with van der Waals surface area (Å²) < 4.78 is 5.48. The summed E-state index contributed by atoms with van der Waals surface area (Å²) >= 11 is 0. The predicted octanol–water partition coefficient (Wildman–Crippen LogP) is 4.24. The van der Waals surface area contributed by atoms with Gasteiger partial charge in [-0.2, -0.15) is 15.0 Å². The van der Waals surface area contributed by atoms with Gasteiger partial charge in [-0.15, -0.1) is 0 Å². The summed E-state index contributed by atoms with van der Waals surface area (Å²) in [6.07, 6.45) is 0.627. The normalized spacial score (nSPS) is 17.3. The quantitative estimate of drug-likeness (QED) is 0.488. The Morgan fingerprint density at radius 3 is 2.03 bits per heavy atom. The molecule has 1 aliphatic rings. The zero-order valence-corrected chi connectivity index (χ0v) is 16.5. The molecule has 4 aromatic rings. The highest BCUT2D eigenvalue weighted by molar-refractivity contribution is 5.73. The van der Waals surface area contributed by atoms with Crippen LogP contribution in [0.2, 0.25) is 0 Å². The maximum absolute atomic E-state index is 12.8. The van der Waals surface area contributed by atoms with Gasteiger partial charge in [0.15, 0.2) is 6.17 Å². The second-order valence-corrected chi connectivity index (χ2v) is 7.51. The van der Waals surface area contributed by atoms with Crippen LogP contribution in [0.5, 0.6) is 0 Å². The van der Waals surface area contributed by atoms with E-state index < -0.39 is 0 Å². The minimum Gasteiger partial charge on any atom is -0.447 e. The van der Waals surface area contributed by atoms with Crippen molar-refractivity contribution < 1.29 is 9.53 Å². The largest absolute Gasteiger partial charge is 0.447 e. The van der Waals surface area contributed by atoms with Crippen molar-refractivity contribution in [1.82, 2.24) is 19.9 Å². The van der Waals surface area contributed by atoms with Crippen LogP contribution in [0.1, 0.15) is 17.3 Å². The molecule has 1 amide bonds. The number of cyclic esters (lactones) is 1. The Hall–Kier alpha value is -3.67. The highest BCUT2D eigenvalue weighted by Crippen LogP contribution is 2.28. The van der Waals surface area contributed by atoms with Gasteiger partial charge in [0, 0.05) is 6.42 Å². The molecule has 1 fully saturated rings. The molecule has 0 N–H and O–H groups in total. The highest BCUT2D eigenvalue weighted by Gasteiger charge is 2.40. The molecule has 30 heavy (non-hydrogen) atoms. The number of nitrogens with zero attached hydrogens (tertiary/aromatic N) is 4. The van der Waals surface area contributed by atoms with Gasteiger partial charge in [-0.25, -0.2) is 4.79 Å². The number of carbonyl (C=O) groups excluding carboxylic acids is 1. The molecule has 0 aliphatic carbocycles. The van der Waals surface area contributed by atoms with Gasteiger partial charge in [0.25, 0.3) is 0 Å². The Morgan fingerprint density at radius 2 is 1.40 bits per heavy atom. The van der Waals surface area contributed by atoms with Crippen molar-refractivity contribution in [2.45, 2.75) is 25.0 Å². The second-order valence-electron chi connectivity index (χ2n) is 7.51. The lowest BCUT2D eigenvalue weighted by Gasteiger charge is -2.30. The Kier molecular flexibility index (Phi) is 4.89. The molecule has 1 aromatic heterocycles. The van der Waals surface area contributed by atoms with Gasteiger partial charge in [0.05, 0.1) is 6.04 Å². The Bertz CT molecular complexity index is 1110. The highest BCUT2D eigenvalue weighted by atomic mass is 16.6. The molecule has 1 aliphatic heterocycles. The molecule has 2 heterocycles. The van der Waals surface area contributed by atoms with Crippen LogP contribution >= 0.6 is 0 Å². The zero-order chi connectivity index (χ0) is 20.3. The average molecular weight is 398 g/mol. The van der Waals surface area contributed by atoms with E-state index in [1.807, 2.05) is 60.7 Å². The van der Waals surface area contributed by atoms with E-state index in [1.54, 1.807) is 9.70 Å². The van der Waals surface area contributed by atoms with Crippen LogP contribution in [-0.4, -0.2) is 38.6 Å². The number of amides is 1. The van der Waals surface area contributed by atoms with Crippen molar-refractivity contribution in [3.8, 4) is 0 Å². The van der Waals surface area contributed by atoms with E-state index in [2.05, 4.69) is 34.5 Å². The van der Waals surface area contributed by atoms with Gasteiger partial charge in [0.1, 0.15) is 17.6 Å². The molecule has 0 bridgehead atoms. The van der Waals surface area contributed by atoms with Gasteiger partial charge < -0.3 is 4.74 Å². The summed E-state index contributed by atoms with van der Waals surface area (Å²) in [5.74, 6) is 0. The Morgan fingerprint density at radius 1 is 0.833 bits per heavy atom. The third-order valence-electron chi connectivity index (χ3n) is 5.47. The zero-order valence-electron chi connectivity index (χ0n) is 16.5. The molecule has 1 unspecified atom stereocenters. The summed E-state index contributed by atoms with van der Waals surface area (Å²) in [4.78, 5) is 16.3. The molecule has 1 saturated heterocycles. The number of rotatable bonds is 6. The van der Waals surface area contributed by atoms with Gasteiger partial charge in [-0.3, -0.25) is 4.90 Å². The van der Waals surface area contributed by atoms with E-state index >= 15 is 0 Å².